The first-order chi connectivity index (χ1) is 11.0. The predicted octanol–water partition coefficient (Wildman–Crippen LogP) is 2.56. The van der Waals surface area contributed by atoms with E-state index in [1.165, 1.54) is 22.2 Å². The van der Waals surface area contributed by atoms with Crippen LogP contribution in [0.3, 0.4) is 0 Å². The molecule has 0 saturated carbocycles. The largest absolute Gasteiger partial charge is 0.495 e. The van der Waals surface area contributed by atoms with Gasteiger partial charge in [-0.25, -0.2) is 4.98 Å². The zero-order valence-corrected chi connectivity index (χ0v) is 13.7. The molecule has 23 heavy (non-hydrogen) atoms. The van der Waals surface area contributed by atoms with Gasteiger partial charge in [0.1, 0.15) is 10.6 Å². The average molecular weight is 329 g/mol. The number of ether oxygens (including phenoxy) is 1. The average Bonchev–Trinajstić information content (AvgIpc) is 2.89. The van der Waals surface area contributed by atoms with Gasteiger partial charge in [0.25, 0.3) is 11.5 Å². The van der Waals surface area contributed by atoms with Crippen LogP contribution in [-0.4, -0.2) is 22.6 Å². The monoisotopic (exact) mass is 329 g/mol. The number of rotatable bonds is 3. The molecule has 7 heteroatoms. The highest BCUT2D eigenvalue weighted by molar-refractivity contribution is 7.20. The van der Waals surface area contributed by atoms with Gasteiger partial charge in [0, 0.05) is 7.05 Å². The van der Waals surface area contributed by atoms with Crippen molar-refractivity contribution in [2.24, 2.45) is 7.05 Å². The Labute approximate surface area is 136 Å². The lowest BCUT2D eigenvalue weighted by Crippen LogP contribution is -2.17. The molecule has 0 unspecified atom stereocenters. The number of nitrogens with zero attached hydrogens (tertiary/aromatic N) is 2. The fraction of sp³-hybridized carbons (Fsp3) is 0.188. The maximum atomic E-state index is 12.6. The second-order valence-corrected chi connectivity index (χ2v) is 6.05. The Bertz CT molecular complexity index is 959. The molecule has 118 valence electrons. The summed E-state index contributed by atoms with van der Waals surface area (Å²) in [7, 11) is 3.18. The normalized spacial score (nSPS) is 10.7. The van der Waals surface area contributed by atoms with Gasteiger partial charge in [-0.15, -0.1) is 11.3 Å². The van der Waals surface area contributed by atoms with Crippen LogP contribution in [0.5, 0.6) is 5.75 Å². The summed E-state index contributed by atoms with van der Waals surface area (Å²) in [6.45, 7) is 1.76. The summed E-state index contributed by atoms with van der Waals surface area (Å²) in [5.74, 6) is 0.297. The molecule has 2 heterocycles. The molecule has 0 bridgehead atoms. The van der Waals surface area contributed by atoms with Crippen LogP contribution in [0.4, 0.5) is 5.69 Å². The van der Waals surface area contributed by atoms with Gasteiger partial charge < -0.3 is 14.6 Å². The third-order valence-corrected chi connectivity index (χ3v) is 4.77. The van der Waals surface area contributed by atoms with Gasteiger partial charge in [0.2, 0.25) is 0 Å². The van der Waals surface area contributed by atoms with Crippen molar-refractivity contribution in [2.75, 3.05) is 12.4 Å². The Morgan fingerprint density at radius 1 is 1.35 bits per heavy atom. The molecule has 0 aliphatic rings. The number of thiophene rings is 1. The number of benzene rings is 1. The molecule has 0 aliphatic heterocycles. The van der Waals surface area contributed by atoms with Crippen molar-refractivity contribution in [1.29, 1.82) is 0 Å². The molecule has 1 amide bonds. The summed E-state index contributed by atoms with van der Waals surface area (Å²) < 4.78 is 6.64. The van der Waals surface area contributed by atoms with Gasteiger partial charge >= 0.3 is 0 Å². The number of fused-ring (bicyclic) bond motifs is 1. The van der Waals surface area contributed by atoms with Crippen molar-refractivity contribution in [1.82, 2.24) is 9.55 Å². The van der Waals surface area contributed by atoms with Crippen molar-refractivity contribution in [3.63, 3.8) is 0 Å². The number of hydrogen-bond donors (Lipinski definition) is 1. The maximum Gasteiger partial charge on any atom is 0.266 e. The van der Waals surface area contributed by atoms with E-state index < -0.39 is 0 Å². The molecule has 0 saturated heterocycles. The Balaban J connectivity index is 2.03. The number of amides is 1. The molecule has 1 aromatic carbocycles. The van der Waals surface area contributed by atoms with Crippen molar-refractivity contribution in [2.45, 2.75) is 6.92 Å². The number of methoxy groups -OCH3 is 1. The van der Waals surface area contributed by atoms with E-state index in [0.717, 1.165) is 0 Å². The van der Waals surface area contributed by atoms with Crippen LogP contribution in [0, 0.1) is 6.92 Å². The molecule has 0 radical (unpaired) electrons. The summed E-state index contributed by atoms with van der Waals surface area (Å²) in [5, 5.41) is 3.31. The molecule has 0 aliphatic carbocycles. The highest BCUT2D eigenvalue weighted by Crippen LogP contribution is 2.29. The van der Waals surface area contributed by atoms with Crippen molar-refractivity contribution < 1.29 is 9.53 Å². The summed E-state index contributed by atoms with van der Waals surface area (Å²) in [4.78, 5) is 30.1. The molecule has 6 nitrogen and oxygen atoms in total. The van der Waals surface area contributed by atoms with E-state index in [2.05, 4.69) is 10.3 Å². The number of carbonyl (C=O) groups excluding carboxylic acids is 1. The van der Waals surface area contributed by atoms with Gasteiger partial charge in [0.15, 0.2) is 0 Å². The lowest BCUT2D eigenvalue weighted by Gasteiger charge is -2.09. The van der Waals surface area contributed by atoms with E-state index in [1.54, 1.807) is 33.2 Å². The number of aryl methyl sites for hydroxylation is 2. The molecule has 3 aromatic rings. The van der Waals surface area contributed by atoms with Gasteiger partial charge in [-0.2, -0.15) is 0 Å². The Morgan fingerprint density at radius 2 is 2.09 bits per heavy atom. The number of nitrogens with one attached hydrogen (secondary N) is 1. The zero-order chi connectivity index (χ0) is 16.6. The van der Waals surface area contributed by atoms with Gasteiger partial charge in [-0.3, -0.25) is 9.59 Å². The van der Waals surface area contributed by atoms with Crippen molar-refractivity contribution in [3.05, 3.63) is 51.4 Å². The van der Waals surface area contributed by atoms with Gasteiger partial charge in [-0.05, 0) is 24.6 Å². The smallest absolute Gasteiger partial charge is 0.266 e. The Morgan fingerprint density at radius 3 is 2.83 bits per heavy atom. The van der Waals surface area contributed by atoms with Gasteiger partial charge in [0.05, 0.1) is 29.4 Å². The fourth-order valence-electron chi connectivity index (χ4n) is 2.35. The standard InChI is InChI=1S/C16H15N3O3S/c1-9-12-15(17-8-19(2)16(12)21)23-13(9)14(20)18-10-6-4-5-7-11(10)22-3/h4-8H,1-3H3,(H,18,20). The van der Waals surface area contributed by atoms with E-state index in [-0.39, 0.29) is 11.5 Å². The first-order valence-corrected chi connectivity index (χ1v) is 7.73. The minimum absolute atomic E-state index is 0.153. The molecule has 3 rings (SSSR count). The van der Waals surface area contributed by atoms with E-state index in [0.29, 0.717) is 32.1 Å². The van der Waals surface area contributed by atoms with Crippen LogP contribution in [0.2, 0.25) is 0 Å². The Kier molecular flexibility index (Phi) is 3.87. The second-order valence-electron chi connectivity index (χ2n) is 5.05. The molecule has 0 fully saturated rings. The SMILES string of the molecule is COc1ccccc1NC(=O)c1sc2ncn(C)c(=O)c2c1C. The molecule has 0 spiro atoms. The Hall–Kier alpha value is -2.67. The van der Waals surface area contributed by atoms with Crippen LogP contribution in [0.1, 0.15) is 15.2 Å². The molecular weight excluding hydrogens is 314 g/mol. The highest BCUT2D eigenvalue weighted by atomic mass is 32.1. The third-order valence-electron chi connectivity index (χ3n) is 3.57. The van der Waals surface area contributed by atoms with Crippen LogP contribution < -0.4 is 15.6 Å². The number of hydrogen-bond acceptors (Lipinski definition) is 5. The number of aromatic nitrogens is 2. The minimum atomic E-state index is -0.281. The van der Waals surface area contributed by atoms with Gasteiger partial charge in [-0.1, -0.05) is 12.1 Å². The van der Waals surface area contributed by atoms with E-state index in [4.69, 9.17) is 4.74 Å². The summed E-state index contributed by atoms with van der Waals surface area (Å²) in [6, 6.07) is 7.17. The quantitative estimate of drug-likeness (QED) is 0.801. The van der Waals surface area contributed by atoms with E-state index in [9.17, 15) is 9.59 Å². The lowest BCUT2D eigenvalue weighted by molar-refractivity contribution is 0.102. The van der Waals surface area contributed by atoms with Crippen LogP contribution >= 0.6 is 11.3 Å². The highest BCUT2D eigenvalue weighted by Gasteiger charge is 2.19. The number of para-hydroxylation sites is 2. The zero-order valence-electron chi connectivity index (χ0n) is 12.9. The van der Waals surface area contributed by atoms with E-state index in [1.807, 2.05) is 12.1 Å². The maximum absolute atomic E-state index is 12.6. The van der Waals surface area contributed by atoms with Crippen LogP contribution in [-0.2, 0) is 7.05 Å². The van der Waals surface area contributed by atoms with Crippen LogP contribution in [0.25, 0.3) is 10.2 Å². The summed E-state index contributed by atoms with van der Waals surface area (Å²) in [6.07, 6.45) is 1.46. The van der Waals surface area contributed by atoms with Crippen molar-refractivity contribution >= 4 is 33.1 Å². The molecular formula is C16H15N3O3S. The third kappa shape index (κ3) is 2.59. The van der Waals surface area contributed by atoms with Crippen LogP contribution in [0.15, 0.2) is 35.4 Å². The fourth-order valence-corrected chi connectivity index (χ4v) is 3.39. The summed E-state index contributed by atoms with van der Waals surface area (Å²) in [5.41, 5.74) is 1.07. The lowest BCUT2D eigenvalue weighted by atomic mass is 10.2. The number of carbonyl (C=O) groups is 1. The topological polar surface area (TPSA) is 73.2 Å². The first-order valence-electron chi connectivity index (χ1n) is 6.92. The summed E-state index contributed by atoms with van der Waals surface area (Å²) >= 11 is 1.21. The molecule has 0 atom stereocenters. The van der Waals surface area contributed by atoms with Crippen molar-refractivity contribution in [3.8, 4) is 5.75 Å². The predicted molar refractivity (Wildman–Crippen MR) is 90.5 cm³/mol. The number of anilines is 1. The molecule has 1 N–H and O–H groups in total. The second kappa shape index (κ2) is 5.85. The van der Waals surface area contributed by atoms with E-state index >= 15 is 0 Å². The first kappa shape index (κ1) is 15.2. The minimum Gasteiger partial charge on any atom is -0.495 e. The molecule has 2 aromatic heterocycles.